The highest BCUT2D eigenvalue weighted by Gasteiger charge is 2.13. The number of amides is 1. The first kappa shape index (κ1) is 17.0. The highest BCUT2D eigenvalue weighted by molar-refractivity contribution is 5.95. The Morgan fingerprint density at radius 1 is 1.20 bits per heavy atom. The third-order valence-corrected chi connectivity index (χ3v) is 4.19. The second-order valence-corrected chi connectivity index (χ2v) is 5.98. The number of nitrogens with one attached hydrogen (secondary N) is 1. The van der Waals surface area contributed by atoms with E-state index in [0.29, 0.717) is 23.4 Å². The van der Waals surface area contributed by atoms with Gasteiger partial charge in [-0.25, -0.2) is 9.78 Å². The number of benzene rings is 1. The molecule has 1 aromatic carbocycles. The monoisotopic (exact) mass is 340 g/mol. The molecule has 2 aromatic rings. The van der Waals surface area contributed by atoms with Gasteiger partial charge in [0, 0.05) is 24.2 Å². The van der Waals surface area contributed by atoms with Gasteiger partial charge < -0.3 is 15.3 Å². The lowest BCUT2D eigenvalue weighted by atomic mass is 10.1. The number of aromatic carboxylic acids is 1. The Morgan fingerprint density at radius 2 is 2.00 bits per heavy atom. The van der Waals surface area contributed by atoms with E-state index < -0.39 is 5.97 Å². The molecule has 2 N–H and O–H groups in total. The van der Waals surface area contributed by atoms with Crippen LogP contribution >= 0.6 is 0 Å². The van der Waals surface area contributed by atoms with Crippen LogP contribution in [0.25, 0.3) is 11.3 Å². The van der Waals surface area contributed by atoms with Crippen molar-refractivity contribution < 1.29 is 14.7 Å². The van der Waals surface area contributed by atoms with Crippen molar-refractivity contribution in [2.75, 3.05) is 26.2 Å². The molecule has 1 aliphatic rings. The number of carboxylic acids is 1. The molecular formula is C18H20N4O3. The molecule has 7 heteroatoms. The van der Waals surface area contributed by atoms with Crippen LogP contribution in [0.1, 0.15) is 33.7 Å². The third-order valence-electron chi connectivity index (χ3n) is 4.19. The zero-order valence-electron chi connectivity index (χ0n) is 13.8. The van der Waals surface area contributed by atoms with Crippen molar-refractivity contribution in [2.24, 2.45) is 0 Å². The van der Waals surface area contributed by atoms with Crippen molar-refractivity contribution in [3.8, 4) is 11.3 Å². The molecule has 0 atom stereocenters. The normalized spacial score (nSPS) is 14.4. The number of hydrogen-bond donors (Lipinski definition) is 2. The van der Waals surface area contributed by atoms with Crippen molar-refractivity contribution >= 4 is 11.9 Å². The number of carboxylic acid groups (broad SMARTS) is 1. The largest absolute Gasteiger partial charge is 0.476 e. The lowest BCUT2D eigenvalue weighted by Gasteiger charge is -2.14. The lowest BCUT2D eigenvalue weighted by Crippen LogP contribution is -2.33. The Kier molecular flexibility index (Phi) is 5.35. The molecule has 25 heavy (non-hydrogen) atoms. The molecule has 0 spiro atoms. The minimum absolute atomic E-state index is 0.127. The zero-order chi connectivity index (χ0) is 17.6. The minimum atomic E-state index is -1.13. The van der Waals surface area contributed by atoms with Gasteiger partial charge in [-0.2, -0.15) is 0 Å². The molecule has 1 fully saturated rings. The quantitative estimate of drug-likeness (QED) is 0.830. The smallest absolute Gasteiger partial charge is 0.356 e. The molecule has 1 amide bonds. The average molecular weight is 340 g/mol. The van der Waals surface area contributed by atoms with Gasteiger partial charge in [0.2, 0.25) is 0 Å². The molecule has 7 nitrogen and oxygen atoms in total. The molecule has 1 saturated heterocycles. The van der Waals surface area contributed by atoms with E-state index in [9.17, 15) is 9.59 Å². The molecule has 0 bridgehead atoms. The second kappa shape index (κ2) is 7.85. The fourth-order valence-electron chi connectivity index (χ4n) is 2.86. The van der Waals surface area contributed by atoms with Gasteiger partial charge in [0.05, 0.1) is 18.1 Å². The summed E-state index contributed by atoms with van der Waals surface area (Å²) in [5, 5.41) is 11.9. The van der Waals surface area contributed by atoms with Gasteiger partial charge in [-0.05, 0) is 38.1 Å². The fraction of sp³-hybridized carbons (Fsp3) is 0.333. The van der Waals surface area contributed by atoms with Crippen LogP contribution in [-0.4, -0.2) is 58.0 Å². The predicted octanol–water partition coefficient (Wildman–Crippen LogP) is 1.67. The first-order valence-electron chi connectivity index (χ1n) is 8.30. The Bertz CT molecular complexity index is 772. The first-order chi connectivity index (χ1) is 12.1. The molecule has 0 radical (unpaired) electrons. The van der Waals surface area contributed by atoms with Gasteiger partial charge in [0.1, 0.15) is 0 Å². The van der Waals surface area contributed by atoms with Crippen LogP contribution in [0.2, 0.25) is 0 Å². The molecular weight excluding hydrogens is 320 g/mol. The van der Waals surface area contributed by atoms with Crippen molar-refractivity contribution in [1.29, 1.82) is 0 Å². The summed E-state index contributed by atoms with van der Waals surface area (Å²) in [5.41, 5.74) is 1.47. The maximum atomic E-state index is 12.3. The number of carbonyl (C=O) groups excluding carboxylic acids is 1. The van der Waals surface area contributed by atoms with Crippen LogP contribution in [0.3, 0.4) is 0 Å². The number of rotatable bonds is 6. The van der Waals surface area contributed by atoms with Gasteiger partial charge >= 0.3 is 5.97 Å². The Morgan fingerprint density at radius 3 is 2.76 bits per heavy atom. The van der Waals surface area contributed by atoms with E-state index in [1.807, 2.05) is 0 Å². The summed E-state index contributed by atoms with van der Waals surface area (Å²) >= 11 is 0. The molecule has 0 unspecified atom stereocenters. The maximum absolute atomic E-state index is 12.3. The van der Waals surface area contributed by atoms with Crippen LogP contribution in [-0.2, 0) is 0 Å². The Balaban J connectivity index is 1.67. The van der Waals surface area contributed by atoms with Gasteiger partial charge in [-0.3, -0.25) is 9.78 Å². The molecule has 130 valence electrons. The van der Waals surface area contributed by atoms with Crippen LogP contribution < -0.4 is 5.32 Å². The fourth-order valence-corrected chi connectivity index (χ4v) is 2.86. The highest BCUT2D eigenvalue weighted by Crippen LogP contribution is 2.18. The van der Waals surface area contributed by atoms with Crippen molar-refractivity contribution in [3.63, 3.8) is 0 Å². The van der Waals surface area contributed by atoms with Gasteiger partial charge in [-0.15, -0.1) is 0 Å². The first-order valence-corrected chi connectivity index (χ1v) is 8.30. The Hall–Kier alpha value is -2.80. The SMILES string of the molecule is O=C(NCCN1CCCC1)c1cccc(-c2cncc(C(=O)O)n2)c1. The summed E-state index contributed by atoms with van der Waals surface area (Å²) in [4.78, 5) is 33.6. The molecule has 2 heterocycles. The number of carbonyl (C=O) groups is 2. The summed E-state index contributed by atoms with van der Waals surface area (Å²) < 4.78 is 0. The lowest BCUT2D eigenvalue weighted by molar-refractivity contribution is 0.0689. The van der Waals surface area contributed by atoms with E-state index in [1.165, 1.54) is 25.2 Å². The number of likely N-dealkylation sites (tertiary alicyclic amines) is 1. The maximum Gasteiger partial charge on any atom is 0.356 e. The van der Waals surface area contributed by atoms with E-state index in [-0.39, 0.29) is 11.6 Å². The van der Waals surface area contributed by atoms with Gasteiger partial charge in [0.15, 0.2) is 5.69 Å². The van der Waals surface area contributed by atoms with Crippen LogP contribution in [0.15, 0.2) is 36.7 Å². The van der Waals surface area contributed by atoms with Crippen molar-refractivity contribution in [3.05, 3.63) is 47.9 Å². The number of hydrogen-bond acceptors (Lipinski definition) is 5. The van der Waals surface area contributed by atoms with Crippen LogP contribution in [0.5, 0.6) is 0 Å². The predicted molar refractivity (Wildman–Crippen MR) is 92.4 cm³/mol. The van der Waals surface area contributed by atoms with Crippen molar-refractivity contribution in [2.45, 2.75) is 12.8 Å². The third kappa shape index (κ3) is 4.39. The summed E-state index contributed by atoms with van der Waals surface area (Å²) in [6.07, 6.45) is 5.14. The zero-order valence-corrected chi connectivity index (χ0v) is 13.8. The summed E-state index contributed by atoms with van der Waals surface area (Å²) in [6, 6.07) is 6.94. The van der Waals surface area contributed by atoms with E-state index in [2.05, 4.69) is 20.2 Å². The van der Waals surface area contributed by atoms with Crippen LogP contribution in [0.4, 0.5) is 0 Å². The molecule has 1 aromatic heterocycles. The molecule has 1 aliphatic heterocycles. The van der Waals surface area contributed by atoms with E-state index in [1.54, 1.807) is 24.3 Å². The van der Waals surface area contributed by atoms with E-state index >= 15 is 0 Å². The summed E-state index contributed by atoms with van der Waals surface area (Å²) in [7, 11) is 0. The molecule has 3 rings (SSSR count). The standard InChI is InChI=1S/C18H20N4O3/c23-17(20-6-9-22-7-1-2-8-22)14-5-3-4-13(10-14)15-11-19-12-16(21-15)18(24)25/h3-5,10-12H,1-2,6-9H2,(H,20,23)(H,24,25). The summed E-state index contributed by atoms with van der Waals surface area (Å²) in [6.45, 7) is 3.67. The second-order valence-electron chi connectivity index (χ2n) is 5.98. The van der Waals surface area contributed by atoms with E-state index in [0.717, 1.165) is 19.6 Å². The van der Waals surface area contributed by atoms with E-state index in [4.69, 9.17) is 5.11 Å². The van der Waals surface area contributed by atoms with Crippen LogP contribution in [0, 0.1) is 0 Å². The van der Waals surface area contributed by atoms with Gasteiger partial charge in [-0.1, -0.05) is 12.1 Å². The number of nitrogens with zero attached hydrogens (tertiary/aromatic N) is 3. The summed E-state index contributed by atoms with van der Waals surface area (Å²) in [5.74, 6) is -1.28. The van der Waals surface area contributed by atoms with Gasteiger partial charge in [0.25, 0.3) is 5.91 Å². The highest BCUT2D eigenvalue weighted by atomic mass is 16.4. The molecule has 0 aliphatic carbocycles. The number of aromatic nitrogens is 2. The molecule has 0 saturated carbocycles. The minimum Gasteiger partial charge on any atom is -0.476 e. The van der Waals surface area contributed by atoms with Crippen molar-refractivity contribution in [1.82, 2.24) is 20.2 Å². The Labute approximate surface area is 145 Å². The topological polar surface area (TPSA) is 95.4 Å². The average Bonchev–Trinajstić information content (AvgIpc) is 3.15.